The van der Waals surface area contributed by atoms with E-state index in [-0.39, 0.29) is 17.7 Å². The molecule has 1 N–H and O–H groups in total. The molecule has 1 aromatic heterocycles. The molecule has 0 radical (unpaired) electrons. The standard InChI is InChI=1S/C17H23NO4/c1-9(2)14-7-13(10(3)22-14)16(19)18-8-11-5-4-6-12(11)15(18)17(20)21/h7,9,11-12,15H,4-6,8H2,1-3H3,(H,20,21). The summed E-state index contributed by atoms with van der Waals surface area (Å²) in [5.74, 6) is 0.915. The Hall–Kier alpha value is -1.78. The zero-order valence-corrected chi connectivity index (χ0v) is 13.3. The maximum Gasteiger partial charge on any atom is 0.326 e. The number of fused-ring (bicyclic) bond motifs is 1. The topological polar surface area (TPSA) is 70.8 Å². The van der Waals surface area contributed by atoms with Gasteiger partial charge in [-0.3, -0.25) is 4.79 Å². The van der Waals surface area contributed by atoms with Crippen LogP contribution in [0.25, 0.3) is 0 Å². The highest BCUT2D eigenvalue weighted by Gasteiger charge is 2.50. The van der Waals surface area contributed by atoms with Crippen molar-refractivity contribution in [3.05, 3.63) is 23.2 Å². The highest BCUT2D eigenvalue weighted by atomic mass is 16.4. The summed E-state index contributed by atoms with van der Waals surface area (Å²) in [7, 11) is 0. The smallest absolute Gasteiger partial charge is 0.326 e. The Bertz CT molecular complexity index is 604. The van der Waals surface area contributed by atoms with Crippen molar-refractivity contribution >= 4 is 11.9 Å². The normalized spacial score (nSPS) is 27.5. The molecular weight excluding hydrogens is 282 g/mol. The van der Waals surface area contributed by atoms with Crippen molar-refractivity contribution in [2.75, 3.05) is 6.54 Å². The molecule has 5 nitrogen and oxygen atoms in total. The minimum atomic E-state index is -0.881. The van der Waals surface area contributed by atoms with Crippen LogP contribution in [0.3, 0.4) is 0 Å². The summed E-state index contributed by atoms with van der Waals surface area (Å²) in [5.41, 5.74) is 0.509. The molecule has 1 amide bonds. The lowest BCUT2D eigenvalue weighted by Gasteiger charge is -2.24. The molecule has 1 aromatic rings. The molecule has 3 atom stereocenters. The zero-order valence-electron chi connectivity index (χ0n) is 13.3. The van der Waals surface area contributed by atoms with Gasteiger partial charge in [0.1, 0.15) is 17.6 Å². The first-order valence-electron chi connectivity index (χ1n) is 8.04. The molecule has 0 aromatic carbocycles. The number of amides is 1. The summed E-state index contributed by atoms with van der Waals surface area (Å²) in [6.45, 7) is 6.34. The van der Waals surface area contributed by atoms with Crippen molar-refractivity contribution in [1.29, 1.82) is 0 Å². The van der Waals surface area contributed by atoms with E-state index < -0.39 is 12.0 Å². The van der Waals surface area contributed by atoms with Gasteiger partial charge in [-0.2, -0.15) is 0 Å². The molecule has 1 aliphatic heterocycles. The Kier molecular flexibility index (Phi) is 3.75. The summed E-state index contributed by atoms with van der Waals surface area (Å²) in [6, 6.07) is 1.09. The van der Waals surface area contributed by atoms with Crippen LogP contribution in [0.5, 0.6) is 0 Å². The average Bonchev–Trinajstić information content (AvgIpc) is 3.09. The second kappa shape index (κ2) is 5.45. The lowest BCUT2D eigenvalue weighted by atomic mass is 9.94. The molecule has 0 spiro atoms. The minimum absolute atomic E-state index is 0.109. The summed E-state index contributed by atoms with van der Waals surface area (Å²) >= 11 is 0. The fourth-order valence-corrected chi connectivity index (χ4v) is 3.99. The molecule has 120 valence electrons. The van der Waals surface area contributed by atoms with Gasteiger partial charge in [-0.25, -0.2) is 4.79 Å². The number of likely N-dealkylation sites (tertiary alicyclic amines) is 1. The lowest BCUT2D eigenvalue weighted by molar-refractivity contribution is -0.142. The highest BCUT2D eigenvalue weighted by molar-refractivity contribution is 5.98. The van der Waals surface area contributed by atoms with Crippen LogP contribution in [-0.2, 0) is 4.79 Å². The van der Waals surface area contributed by atoms with E-state index in [1.165, 1.54) is 0 Å². The fraction of sp³-hybridized carbons (Fsp3) is 0.647. The maximum absolute atomic E-state index is 12.9. The van der Waals surface area contributed by atoms with Crippen molar-refractivity contribution in [1.82, 2.24) is 4.90 Å². The van der Waals surface area contributed by atoms with Crippen LogP contribution in [0, 0.1) is 18.8 Å². The number of rotatable bonds is 3. The summed E-state index contributed by atoms with van der Waals surface area (Å²) in [5, 5.41) is 9.57. The summed E-state index contributed by atoms with van der Waals surface area (Å²) < 4.78 is 5.65. The third-order valence-corrected chi connectivity index (χ3v) is 5.14. The molecule has 3 unspecified atom stereocenters. The Morgan fingerprint density at radius 3 is 2.68 bits per heavy atom. The zero-order chi connectivity index (χ0) is 16.0. The van der Waals surface area contributed by atoms with Gasteiger partial charge >= 0.3 is 5.97 Å². The van der Waals surface area contributed by atoms with E-state index in [1.807, 2.05) is 13.8 Å². The number of carboxylic acids is 1. The van der Waals surface area contributed by atoms with Gasteiger partial charge in [-0.15, -0.1) is 0 Å². The van der Waals surface area contributed by atoms with Crippen LogP contribution in [0.1, 0.15) is 60.9 Å². The van der Waals surface area contributed by atoms with E-state index in [0.717, 1.165) is 25.0 Å². The van der Waals surface area contributed by atoms with Crippen molar-refractivity contribution in [2.45, 2.75) is 52.0 Å². The van der Waals surface area contributed by atoms with Gasteiger partial charge in [-0.1, -0.05) is 20.3 Å². The largest absolute Gasteiger partial charge is 0.480 e. The number of carboxylic acid groups (broad SMARTS) is 1. The van der Waals surface area contributed by atoms with Gasteiger partial charge in [0.15, 0.2) is 0 Å². The molecule has 2 aliphatic rings. The molecule has 3 rings (SSSR count). The van der Waals surface area contributed by atoms with E-state index in [2.05, 4.69) is 0 Å². The van der Waals surface area contributed by atoms with Gasteiger partial charge in [0.25, 0.3) is 5.91 Å². The van der Waals surface area contributed by atoms with Crippen LogP contribution in [0.4, 0.5) is 0 Å². The number of hydrogen-bond donors (Lipinski definition) is 1. The van der Waals surface area contributed by atoms with Gasteiger partial charge in [-0.05, 0) is 37.7 Å². The van der Waals surface area contributed by atoms with E-state index in [0.29, 0.717) is 23.8 Å². The average molecular weight is 305 g/mol. The number of carbonyl (C=O) groups excluding carboxylic acids is 1. The third-order valence-electron chi connectivity index (χ3n) is 5.14. The van der Waals surface area contributed by atoms with Crippen LogP contribution >= 0.6 is 0 Å². The number of hydrogen-bond acceptors (Lipinski definition) is 3. The molecular formula is C17H23NO4. The Morgan fingerprint density at radius 1 is 1.36 bits per heavy atom. The van der Waals surface area contributed by atoms with Crippen molar-refractivity contribution < 1.29 is 19.1 Å². The number of carbonyl (C=O) groups is 2. The number of nitrogens with zero attached hydrogens (tertiary/aromatic N) is 1. The lowest BCUT2D eigenvalue weighted by Crippen LogP contribution is -2.43. The minimum Gasteiger partial charge on any atom is -0.480 e. The Balaban J connectivity index is 1.89. The predicted molar refractivity (Wildman–Crippen MR) is 80.8 cm³/mol. The van der Waals surface area contributed by atoms with Gasteiger partial charge < -0.3 is 14.4 Å². The summed E-state index contributed by atoms with van der Waals surface area (Å²) in [6.07, 6.45) is 3.01. The monoisotopic (exact) mass is 305 g/mol. The highest BCUT2D eigenvalue weighted by Crippen LogP contribution is 2.43. The molecule has 1 saturated heterocycles. The van der Waals surface area contributed by atoms with Crippen LogP contribution in [0.15, 0.2) is 10.5 Å². The third kappa shape index (κ3) is 2.32. The number of furan rings is 1. The van der Waals surface area contributed by atoms with E-state index in [4.69, 9.17) is 4.42 Å². The predicted octanol–water partition coefficient (Wildman–Crippen LogP) is 3.04. The molecule has 2 fully saturated rings. The van der Waals surface area contributed by atoms with Crippen molar-refractivity contribution in [3.8, 4) is 0 Å². The summed E-state index contributed by atoms with van der Waals surface area (Å²) in [4.78, 5) is 26.1. The first-order chi connectivity index (χ1) is 10.4. The Morgan fingerprint density at radius 2 is 2.09 bits per heavy atom. The number of aryl methyl sites for hydroxylation is 1. The van der Waals surface area contributed by atoms with Crippen LogP contribution < -0.4 is 0 Å². The number of aliphatic carboxylic acids is 1. The van der Waals surface area contributed by atoms with Crippen LogP contribution in [-0.4, -0.2) is 34.5 Å². The maximum atomic E-state index is 12.9. The van der Waals surface area contributed by atoms with Crippen LogP contribution in [0.2, 0.25) is 0 Å². The van der Waals surface area contributed by atoms with Gasteiger partial charge in [0.2, 0.25) is 0 Å². The first-order valence-corrected chi connectivity index (χ1v) is 8.04. The van der Waals surface area contributed by atoms with E-state index >= 15 is 0 Å². The molecule has 1 aliphatic carbocycles. The second-order valence-corrected chi connectivity index (χ2v) is 6.87. The molecule has 2 heterocycles. The molecule has 5 heteroatoms. The molecule has 0 bridgehead atoms. The fourth-order valence-electron chi connectivity index (χ4n) is 3.99. The molecule has 22 heavy (non-hydrogen) atoms. The Labute approximate surface area is 130 Å². The second-order valence-electron chi connectivity index (χ2n) is 6.87. The quantitative estimate of drug-likeness (QED) is 0.931. The van der Waals surface area contributed by atoms with Gasteiger partial charge in [0.05, 0.1) is 5.56 Å². The van der Waals surface area contributed by atoms with Crippen molar-refractivity contribution in [3.63, 3.8) is 0 Å². The van der Waals surface area contributed by atoms with E-state index in [9.17, 15) is 14.7 Å². The molecule has 1 saturated carbocycles. The van der Waals surface area contributed by atoms with Gasteiger partial charge in [0, 0.05) is 12.5 Å². The van der Waals surface area contributed by atoms with Crippen molar-refractivity contribution in [2.24, 2.45) is 11.8 Å². The van der Waals surface area contributed by atoms with E-state index in [1.54, 1.807) is 17.9 Å². The first kappa shape index (κ1) is 15.1. The SMILES string of the molecule is Cc1oc(C(C)C)cc1C(=O)N1CC2CCCC2C1C(=O)O.